The summed E-state index contributed by atoms with van der Waals surface area (Å²) >= 11 is 0. The van der Waals surface area contributed by atoms with E-state index in [0.717, 1.165) is 19.6 Å². The summed E-state index contributed by atoms with van der Waals surface area (Å²) in [5, 5.41) is 3.12. The quantitative estimate of drug-likeness (QED) is 0.740. The van der Waals surface area contributed by atoms with E-state index in [9.17, 15) is 4.79 Å². The standard InChI is InChI=1S/C14H29N3O2/c1-7-19-12(18)14(4,15-5)11-17-9-8-16(6)13(2,3)10-17/h15H,7-11H2,1-6H3. The molecule has 0 aromatic rings. The van der Waals surface area contributed by atoms with Gasteiger partial charge in [-0.25, -0.2) is 0 Å². The third-order valence-corrected chi connectivity index (χ3v) is 4.21. The summed E-state index contributed by atoms with van der Waals surface area (Å²) in [6.45, 7) is 12.3. The minimum absolute atomic E-state index is 0.140. The summed E-state index contributed by atoms with van der Waals surface area (Å²) in [6, 6.07) is 0. The fourth-order valence-electron chi connectivity index (χ4n) is 2.46. The lowest BCUT2D eigenvalue weighted by Gasteiger charge is -2.47. The number of nitrogens with one attached hydrogen (secondary N) is 1. The molecule has 1 rings (SSSR count). The zero-order chi connectivity index (χ0) is 14.7. The number of nitrogens with zero attached hydrogens (tertiary/aromatic N) is 2. The number of rotatable bonds is 5. The molecule has 1 aliphatic heterocycles. The minimum atomic E-state index is -0.637. The number of likely N-dealkylation sites (N-methyl/N-ethyl adjacent to an activating group) is 2. The molecule has 1 fully saturated rings. The zero-order valence-corrected chi connectivity index (χ0v) is 13.2. The molecule has 112 valence electrons. The van der Waals surface area contributed by atoms with Crippen LogP contribution in [0.15, 0.2) is 0 Å². The molecule has 0 aromatic carbocycles. The predicted molar refractivity (Wildman–Crippen MR) is 77.2 cm³/mol. The summed E-state index contributed by atoms with van der Waals surface area (Å²) in [5.41, 5.74) is -0.496. The molecule has 1 N–H and O–H groups in total. The monoisotopic (exact) mass is 271 g/mol. The molecule has 1 atom stereocenters. The predicted octanol–water partition coefficient (Wildman–Crippen LogP) is 0.554. The molecule has 1 aliphatic rings. The van der Waals surface area contributed by atoms with E-state index in [1.54, 1.807) is 0 Å². The summed E-state index contributed by atoms with van der Waals surface area (Å²) < 4.78 is 5.17. The normalized spacial score (nSPS) is 23.9. The maximum absolute atomic E-state index is 12.1. The molecule has 1 heterocycles. The number of piperazine rings is 1. The summed E-state index contributed by atoms with van der Waals surface area (Å²) in [4.78, 5) is 16.8. The lowest BCUT2D eigenvalue weighted by atomic mass is 9.96. The Labute approximate surface area is 117 Å². The van der Waals surface area contributed by atoms with Crippen molar-refractivity contribution in [2.24, 2.45) is 0 Å². The molecule has 0 aliphatic carbocycles. The van der Waals surface area contributed by atoms with Gasteiger partial charge in [0, 0.05) is 31.7 Å². The van der Waals surface area contributed by atoms with Crippen molar-refractivity contribution in [1.82, 2.24) is 15.1 Å². The Morgan fingerprint density at radius 1 is 1.42 bits per heavy atom. The Hall–Kier alpha value is -0.650. The Balaban J connectivity index is 2.69. The number of hydrogen-bond donors (Lipinski definition) is 1. The van der Waals surface area contributed by atoms with E-state index in [1.165, 1.54) is 0 Å². The molecule has 0 radical (unpaired) electrons. The lowest BCUT2D eigenvalue weighted by Crippen LogP contribution is -2.63. The number of ether oxygens (including phenoxy) is 1. The van der Waals surface area contributed by atoms with Crippen LogP contribution in [0.2, 0.25) is 0 Å². The van der Waals surface area contributed by atoms with Crippen LogP contribution in [0.25, 0.3) is 0 Å². The van der Waals surface area contributed by atoms with Gasteiger partial charge in [-0.2, -0.15) is 0 Å². The number of hydrogen-bond acceptors (Lipinski definition) is 5. The van der Waals surface area contributed by atoms with Crippen LogP contribution in [-0.2, 0) is 9.53 Å². The smallest absolute Gasteiger partial charge is 0.327 e. The number of carbonyl (C=O) groups is 1. The van der Waals surface area contributed by atoms with Crippen LogP contribution in [0.1, 0.15) is 27.7 Å². The zero-order valence-electron chi connectivity index (χ0n) is 13.2. The third kappa shape index (κ3) is 3.91. The van der Waals surface area contributed by atoms with Crippen molar-refractivity contribution in [1.29, 1.82) is 0 Å². The molecule has 1 saturated heterocycles. The SMILES string of the molecule is CCOC(=O)C(C)(CN1CCN(C)C(C)(C)C1)NC. The van der Waals surface area contributed by atoms with Gasteiger partial charge in [-0.05, 0) is 41.8 Å². The van der Waals surface area contributed by atoms with Gasteiger partial charge in [-0.1, -0.05) is 0 Å². The molecular formula is C14H29N3O2. The Kier molecular flexibility index (Phi) is 5.35. The molecular weight excluding hydrogens is 242 g/mol. The fraction of sp³-hybridized carbons (Fsp3) is 0.929. The van der Waals surface area contributed by atoms with Crippen molar-refractivity contribution in [3.63, 3.8) is 0 Å². The minimum Gasteiger partial charge on any atom is -0.465 e. The Morgan fingerprint density at radius 3 is 2.53 bits per heavy atom. The van der Waals surface area contributed by atoms with Crippen molar-refractivity contribution >= 4 is 5.97 Å². The topological polar surface area (TPSA) is 44.8 Å². The van der Waals surface area contributed by atoms with E-state index in [2.05, 4.69) is 36.0 Å². The summed E-state index contributed by atoms with van der Waals surface area (Å²) in [7, 11) is 3.97. The van der Waals surface area contributed by atoms with Crippen molar-refractivity contribution in [3.8, 4) is 0 Å². The number of carbonyl (C=O) groups excluding carboxylic acids is 1. The second-order valence-electron chi connectivity index (χ2n) is 6.25. The first-order valence-corrected chi connectivity index (χ1v) is 7.05. The molecule has 0 bridgehead atoms. The molecule has 5 nitrogen and oxygen atoms in total. The van der Waals surface area contributed by atoms with E-state index in [-0.39, 0.29) is 11.5 Å². The van der Waals surface area contributed by atoms with Gasteiger partial charge in [0.2, 0.25) is 0 Å². The average Bonchev–Trinajstić information content (AvgIpc) is 2.33. The molecule has 19 heavy (non-hydrogen) atoms. The van der Waals surface area contributed by atoms with Crippen LogP contribution in [-0.4, -0.2) is 73.7 Å². The molecule has 0 amide bonds. The van der Waals surface area contributed by atoms with Crippen molar-refractivity contribution in [2.75, 3.05) is 46.9 Å². The summed E-state index contributed by atoms with van der Waals surface area (Å²) in [5.74, 6) is -0.172. The van der Waals surface area contributed by atoms with Gasteiger partial charge in [0.15, 0.2) is 0 Å². The first kappa shape index (κ1) is 16.4. The van der Waals surface area contributed by atoms with Gasteiger partial charge >= 0.3 is 5.97 Å². The average molecular weight is 271 g/mol. The molecule has 0 spiro atoms. The van der Waals surface area contributed by atoms with Crippen LogP contribution >= 0.6 is 0 Å². The van der Waals surface area contributed by atoms with Gasteiger partial charge in [0.25, 0.3) is 0 Å². The molecule has 0 saturated carbocycles. The van der Waals surface area contributed by atoms with E-state index >= 15 is 0 Å². The van der Waals surface area contributed by atoms with Gasteiger partial charge in [0.1, 0.15) is 5.54 Å². The van der Waals surface area contributed by atoms with Crippen LogP contribution in [0.4, 0.5) is 0 Å². The Bertz CT molecular complexity index is 320. The first-order chi connectivity index (χ1) is 8.75. The third-order valence-electron chi connectivity index (χ3n) is 4.21. The van der Waals surface area contributed by atoms with Crippen LogP contribution in [0.5, 0.6) is 0 Å². The first-order valence-electron chi connectivity index (χ1n) is 7.05. The largest absolute Gasteiger partial charge is 0.465 e. The Morgan fingerprint density at radius 2 is 2.05 bits per heavy atom. The van der Waals surface area contributed by atoms with Gasteiger partial charge in [0.05, 0.1) is 6.61 Å². The van der Waals surface area contributed by atoms with Gasteiger partial charge < -0.3 is 10.1 Å². The highest BCUT2D eigenvalue weighted by molar-refractivity contribution is 5.80. The van der Waals surface area contributed by atoms with Crippen molar-refractivity contribution < 1.29 is 9.53 Å². The fourth-order valence-corrected chi connectivity index (χ4v) is 2.46. The van der Waals surface area contributed by atoms with E-state index in [1.807, 2.05) is 20.9 Å². The van der Waals surface area contributed by atoms with Crippen molar-refractivity contribution in [3.05, 3.63) is 0 Å². The lowest BCUT2D eigenvalue weighted by molar-refractivity contribution is -0.151. The second-order valence-corrected chi connectivity index (χ2v) is 6.25. The van der Waals surface area contributed by atoms with E-state index < -0.39 is 5.54 Å². The van der Waals surface area contributed by atoms with Crippen LogP contribution < -0.4 is 5.32 Å². The highest BCUT2D eigenvalue weighted by atomic mass is 16.5. The van der Waals surface area contributed by atoms with Gasteiger partial charge in [-0.15, -0.1) is 0 Å². The van der Waals surface area contributed by atoms with E-state index in [0.29, 0.717) is 13.2 Å². The maximum Gasteiger partial charge on any atom is 0.327 e. The van der Waals surface area contributed by atoms with E-state index in [4.69, 9.17) is 4.74 Å². The van der Waals surface area contributed by atoms with Crippen molar-refractivity contribution in [2.45, 2.75) is 38.8 Å². The molecule has 0 aromatic heterocycles. The van der Waals surface area contributed by atoms with Gasteiger partial charge in [-0.3, -0.25) is 14.6 Å². The summed E-state index contributed by atoms with van der Waals surface area (Å²) in [6.07, 6.45) is 0. The number of esters is 1. The second kappa shape index (κ2) is 6.20. The van der Waals surface area contributed by atoms with Crippen LogP contribution in [0, 0.1) is 0 Å². The molecule has 5 heteroatoms. The maximum atomic E-state index is 12.1. The highest BCUT2D eigenvalue weighted by Gasteiger charge is 2.39. The van der Waals surface area contributed by atoms with Crippen LogP contribution in [0.3, 0.4) is 0 Å². The molecule has 1 unspecified atom stereocenters. The highest BCUT2D eigenvalue weighted by Crippen LogP contribution is 2.20.